The van der Waals surface area contributed by atoms with Gasteiger partial charge < -0.3 is 20.2 Å². The number of amides is 1. The van der Waals surface area contributed by atoms with Crippen LogP contribution in [0.1, 0.15) is 92.5 Å². The standard InChI is InChI=1S/C23H33NO6/c1-13(2)10-16(25)19-21(28)15(12-24-9-7-5-6-8-18(24)27)22(29)20(23(19)30)17(26)11-14(3)4/h13-14,28-30H,5-12H2,1-4H3. The van der Waals surface area contributed by atoms with Gasteiger partial charge in [-0.15, -0.1) is 0 Å². The molecule has 0 unspecified atom stereocenters. The molecule has 0 aromatic heterocycles. The molecule has 1 aromatic rings. The molecule has 1 aromatic carbocycles. The lowest BCUT2D eigenvalue weighted by atomic mass is 9.90. The summed E-state index contributed by atoms with van der Waals surface area (Å²) < 4.78 is 0. The Morgan fingerprint density at radius 1 is 0.833 bits per heavy atom. The highest BCUT2D eigenvalue weighted by molar-refractivity contribution is 6.09. The van der Waals surface area contributed by atoms with Crippen molar-refractivity contribution < 1.29 is 29.7 Å². The summed E-state index contributed by atoms with van der Waals surface area (Å²) in [7, 11) is 0. The molecule has 1 aliphatic heterocycles. The molecule has 2 rings (SSSR count). The van der Waals surface area contributed by atoms with Gasteiger partial charge >= 0.3 is 0 Å². The van der Waals surface area contributed by atoms with E-state index in [1.54, 1.807) is 0 Å². The Morgan fingerprint density at radius 2 is 1.33 bits per heavy atom. The average Bonchev–Trinajstić information content (AvgIpc) is 2.81. The third kappa shape index (κ3) is 5.32. The van der Waals surface area contributed by atoms with Crippen LogP contribution >= 0.6 is 0 Å². The Morgan fingerprint density at radius 3 is 1.80 bits per heavy atom. The fraction of sp³-hybridized carbons (Fsp3) is 0.609. The van der Waals surface area contributed by atoms with E-state index in [1.807, 2.05) is 27.7 Å². The minimum Gasteiger partial charge on any atom is -0.507 e. The van der Waals surface area contributed by atoms with Gasteiger partial charge in [-0.25, -0.2) is 0 Å². The summed E-state index contributed by atoms with van der Waals surface area (Å²) in [5.41, 5.74) is -0.779. The molecule has 1 fully saturated rings. The van der Waals surface area contributed by atoms with Crippen molar-refractivity contribution in [3.8, 4) is 17.2 Å². The van der Waals surface area contributed by atoms with E-state index in [-0.39, 0.29) is 53.8 Å². The van der Waals surface area contributed by atoms with Crippen molar-refractivity contribution in [1.82, 2.24) is 4.90 Å². The number of ketones is 2. The molecule has 7 heteroatoms. The fourth-order valence-corrected chi connectivity index (χ4v) is 3.78. The molecule has 1 amide bonds. The molecule has 0 spiro atoms. The minimum atomic E-state index is -0.688. The maximum absolute atomic E-state index is 12.8. The predicted octanol–water partition coefficient (Wildman–Crippen LogP) is 4.16. The van der Waals surface area contributed by atoms with E-state index in [9.17, 15) is 29.7 Å². The van der Waals surface area contributed by atoms with Gasteiger partial charge in [0.1, 0.15) is 28.4 Å². The summed E-state index contributed by atoms with van der Waals surface area (Å²) in [4.78, 5) is 39.5. The van der Waals surface area contributed by atoms with Gasteiger partial charge in [-0.05, 0) is 24.7 Å². The van der Waals surface area contributed by atoms with Crippen LogP contribution in [-0.2, 0) is 11.3 Å². The van der Waals surface area contributed by atoms with Crippen molar-refractivity contribution in [2.24, 2.45) is 11.8 Å². The molecule has 7 nitrogen and oxygen atoms in total. The molecular formula is C23H33NO6. The second-order valence-electron chi connectivity index (χ2n) is 8.94. The number of hydrogen-bond donors (Lipinski definition) is 3. The van der Waals surface area contributed by atoms with Crippen LogP contribution in [0, 0.1) is 11.8 Å². The van der Waals surface area contributed by atoms with Gasteiger partial charge in [0, 0.05) is 25.8 Å². The zero-order valence-corrected chi connectivity index (χ0v) is 18.3. The molecule has 0 saturated carbocycles. The van der Waals surface area contributed by atoms with Gasteiger partial charge in [-0.1, -0.05) is 34.1 Å². The monoisotopic (exact) mass is 419 g/mol. The number of carbonyl (C=O) groups is 3. The first-order valence-electron chi connectivity index (χ1n) is 10.7. The number of hydrogen-bond acceptors (Lipinski definition) is 6. The SMILES string of the molecule is CC(C)CC(=O)c1c(O)c(CN2CCCCCC2=O)c(O)c(C(=O)CC(C)C)c1O. The number of likely N-dealkylation sites (tertiary alicyclic amines) is 1. The molecule has 1 aliphatic rings. The summed E-state index contributed by atoms with van der Waals surface area (Å²) in [5, 5.41) is 32.3. The van der Waals surface area contributed by atoms with Crippen LogP contribution in [0.3, 0.4) is 0 Å². The summed E-state index contributed by atoms with van der Waals surface area (Å²) in [5.74, 6) is -3.01. The highest BCUT2D eigenvalue weighted by Crippen LogP contribution is 2.44. The second kappa shape index (κ2) is 9.96. The number of Topliss-reactive ketones (excluding diaryl/α,β-unsaturated/α-hetero) is 2. The maximum atomic E-state index is 12.8. The van der Waals surface area contributed by atoms with Crippen LogP contribution in [0.5, 0.6) is 17.2 Å². The first-order chi connectivity index (χ1) is 14.0. The van der Waals surface area contributed by atoms with Crippen molar-refractivity contribution >= 4 is 17.5 Å². The smallest absolute Gasteiger partial charge is 0.222 e. The van der Waals surface area contributed by atoms with Crippen LogP contribution < -0.4 is 0 Å². The highest BCUT2D eigenvalue weighted by atomic mass is 16.3. The number of carbonyl (C=O) groups excluding carboxylic acids is 3. The first kappa shape index (κ1) is 23.7. The Hall–Kier alpha value is -2.57. The number of phenols is 3. The van der Waals surface area contributed by atoms with Crippen LogP contribution in [0.4, 0.5) is 0 Å². The lowest BCUT2D eigenvalue weighted by molar-refractivity contribution is -0.131. The summed E-state index contributed by atoms with van der Waals surface area (Å²) in [6.45, 7) is 7.65. The molecule has 3 N–H and O–H groups in total. The van der Waals surface area contributed by atoms with Gasteiger partial charge in [-0.3, -0.25) is 14.4 Å². The van der Waals surface area contributed by atoms with Crippen LogP contribution in [-0.4, -0.2) is 44.2 Å². The lowest BCUT2D eigenvalue weighted by Crippen LogP contribution is -2.30. The molecule has 0 bridgehead atoms. The largest absolute Gasteiger partial charge is 0.507 e. The Labute approximate surface area is 177 Å². The fourth-order valence-electron chi connectivity index (χ4n) is 3.78. The topological polar surface area (TPSA) is 115 Å². The number of aromatic hydroxyl groups is 3. The quantitative estimate of drug-likeness (QED) is 0.545. The first-order valence-corrected chi connectivity index (χ1v) is 10.7. The van der Waals surface area contributed by atoms with Crippen LogP contribution in [0.25, 0.3) is 0 Å². The number of phenolic OH excluding ortho intramolecular Hbond substituents is 3. The molecular weight excluding hydrogens is 386 g/mol. The Kier molecular flexibility index (Phi) is 7.87. The van der Waals surface area contributed by atoms with Gasteiger partial charge in [0.05, 0.1) is 12.1 Å². The average molecular weight is 420 g/mol. The molecule has 1 heterocycles. The van der Waals surface area contributed by atoms with Gasteiger partial charge in [-0.2, -0.15) is 0 Å². The lowest BCUT2D eigenvalue weighted by Gasteiger charge is -2.24. The van der Waals surface area contributed by atoms with Crippen molar-refractivity contribution in [3.63, 3.8) is 0 Å². The molecule has 0 atom stereocenters. The Balaban J connectivity index is 2.62. The molecule has 1 saturated heterocycles. The van der Waals surface area contributed by atoms with Crippen molar-refractivity contribution in [1.29, 1.82) is 0 Å². The zero-order valence-electron chi connectivity index (χ0n) is 18.3. The van der Waals surface area contributed by atoms with E-state index in [0.29, 0.717) is 13.0 Å². The third-order valence-electron chi connectivity index (χ3n) is 5.28. The zero-order chi connectivity index (χ0) is 22.6. The van der Waals surface area contributed by atoms with Crippen molar-refractivity contribution in [2.45, 2.75) is 72.8 Å². The number of nitrogens with zero attached hydrogens (tertiary/aromatic N) is 1. The van der Waals surface area contributed by atoms with Crippen molar-refractivity contribution in [3.05, 3.63) is 16.7 Å². The Bertz CT molecular complexity index is 778. The normalized spacial score (nSPS) is 15.0. The van der Waals surface area contributed by atoms with Gasteiger partial charge in [0.25, 0.3) is 0 Å². The van der Waals surface area contributed by atoms with Crippen LogP contribution in [0.2, 0.25) is 0 Å². The highest BCUT2D eigenvalue weighted by Gasteiger charge is 2.32. The van der Waals surface area contributed by atoms with E-state index in [4.69, 9.17) is 0 Å². The van der Waals surface area contributed by atoms with E-state index >= 15 is 0 Å². The summed E-state index contributed by atoms with van der Waals surface area (Å²) in [6.07, 6.45) is 2.98. The molecule has 30 heavy (non-hydrogen) atoms. The van der Waals surface area contributed by atoms with Gasteiger partial charge in [0.15, 0.2) is 11.6 Å². The molecule has 166 valence electrons. The van der Waals surface area contributed by atoms with Gasteiger partial charge in [0.2, 0.25) is 5.91 Å². The maximum Gasteiger partial charge on any atom is 0.222 e. The molecule has 0 aliphatic carbocycles. The summed E-state index contributed by atoms with van der Waals surface area (Å²) in [6, 6.07) is 0. The number of rotatable bonds is 8. The predicted molar refractivity (Wildman–Crippen MR) is 113 cm³/mol. The van der Waals surface area contributed by atoms with Crippen molar-refractivity contribution in [2.75, 3.05) is 6.54 Å². The number of benzene rings is 1. The van der Waals surface area contributed by atoms with E-state index in [1.165, 1.54) is 4.90 Å². The van der Waals surface area contributed by atoms with Crippen LogP contribution in [0.15, 0.2) is 0 Å². The third-order valence-corrected chi connectivity index (χ3v) is 5.28. The van der Waals surface area contributed by atoms with E-state index in [2.05, 4.69) is 0 Å². The summed E-state index contributed by atoms with van der Waals surface area (Å²) >= 11 is 0. The second-order valence-corrected chi connectivity index (χ2v) is 8.94. The minimum absolute atomic E-state index is 0.0319. The van der Waals surface area contributed by atoms with E-state index in [0.717, 1.165) is 19.3 Å². The van der Waals surface area contributed by atoms with E-state index < -0.39 is 28.8 Å². The molecule has 0 radical (unpaired) electrons.